The van der Waals surface area contributed by atoms with Gasteiger partial charge in [-0.1, -0.05) is 336 Å². The van der Waals surface area contributed by atoms with Crippen LogP contribution in [-0.2, 0) is 28.6 Å². The molecule has 0 radical (unpaired) electrons. The van der Waals surface area contributed by atoms with E-state index in [1.807, 2.05) is 0 Å². The van der Waals surface area contributed by atoms with E-state index in [-0.39, 0.29) is 31.1 Å². The van der Waals surface area contributed by atoms with Crippen molar-refractivity contribution in [2.45, 2.75) is 381 Å². The molecule has 0 saturated carbocycles. The van der Waals surface area contributed by atoms with Crippen molar-refractivity contribution in [2.75, 3.05) is 13.2 Å². The van der Waals surface area contributed by atoms with Gasteiger partial charge in [0.05, 0.1) is 0 Å². The van der Waals surface area contributed by atoms with Crippen LogP contribution in [-0.4, -0.2) is 37.2 Å². The molecule has 6 nitrogen and oxygen atoms in total. The van der Waals surface area contributed by atoms with Crippen LogP contribution in [0.2, 0.25) is 0 Å². The van der Waals surface area contributed by atoms with Crippen molar-refractivity contribution < 1.29 is 28.6 Å². The normalized spacial score (nSPS) is 12.8. The zero-order valence-corrected chi connectivity index (χ0v) is 49.6. The molecule has 428 valence electrons. The van der Waals surface area contributed by atoms with Crippen LogP contribution in [0.1, 0.15) is 375 Å². The third kappa shape index (κ3) is 56.1. The molecule has 0 spiro atoms. The van der Waals surface area contributed by atoms with Crippen LogP contribution >= 0.6 is 0 Å². The molecule has 72 heavy (non-hydrogen) atoms. The van der Waals surface area contributed by atoms with Gasteiger partial charge in [-0.05, 0) is 31.1 Å². The van der Waals surface area contributed by atoms with Crippen molar-refractivity contribution in [2.24, 2.45) is 11.8 Å². The number of hydrogen-bond acceptors (Lipinski definition) is 6. The summed E-state index contributed by atoms with van der Waals surface area (Å²) in [6.45, 7) is 11.5. The summed E-state index contributed by atoms with van der Waals surface area (Å²) in [5.74, 6) is 0.976. The molecule has 0 saturated heterocycles. The fraction of sp³-hybridized carbons (Fsp3) is 0.955. The summed E-state index contributed by atoms with van der Waals surface area (Å²) in [7, 11) is 0. The van der Waals surface area contributed by atoms with Crippen molar-refractivity contribution in [1.29, 1.82) is 0 Å². The minimum absolute atomic E-state index is 0.0617. The predicted molar refractivity (Wildman–Crippen MR) is 312 cm³/mol. The van der Waals surface area contributed by atoms with Crippen LogP contribution < -0.4 is 0 Å². The molecule has 0 aromatic heterocycles. The maximum Gasteiger partial charge on any atom is 0.306 e. The highest BCUT2D eigenvalue weighted by molar-refractivity contribution is 5.71. The maximum absolute atomic E-state index is 12.9. The first kappa shape index (κ1) is 70.4. The summed E-state index contributed by atoms with van der Waals surface area (Å²) in [4.78, 5) is 38.3. The highest BCUT2D eigenvalue weighted by atomic mass is 16.6. The summed E-state index contributed by atoms with van der Waals surface area (Å²) in [6, 6.07) is 0. The standard InChI is InChI=1S/C66H128O6/c1-6-9-10-11-12-13-14-15-26-33-38-43-48-53-58-66(69)72-63(60-71-65(68)57-52-47-42-37-32-28-23-22-25-30-35-40-45-50-55-62(5)8-3)59-70-64(67)56-51-46-41-36-31-27-21-19-17-16-18-20-24-29-34-39-44-49-54-61(4)7-2/h61-63H,6-60H2,1-5H3/t61?,62?,63-/m0/s1. The molecule has 0 bridgehead atoms. The molecule has 0 aliphatic carbocycles. The predicted octanol–water partition coefficient (Wildman–Crippen LogP) is 22.0. The Morgan fingerprint density at radius 3 is 0.722 bits per heavy atom. The van der Waals surface area contributed by atoms with Gasteiger partial charge in [0.15, 0.2) is 6.10 Å². The average molecular weight is 1020 g/mol. The Kier molecular flexibility index (Phi) is 57.4. The molecule has 0 rings (SSSR count). The van der Waals surface area contributed by atoms with E-state index in [1.54, 1.807) is 0 Å². The molecular weight excluding hydrogens is 889 g/mol. The van der Waals surface area contributed by atoms with Crippen LogP contribution in [0, 0.1) is 11.8 Å². The summed E-state index contributed by atoms with van der Waals surface area (Å²) in [6.07, 6.45) is 65.2. The lowest BCUT2D eigenvalue weighted by Gasteiger charge is -2.18. The quantitative estimate of drug-likeness (QED) is 0.0343. The van der Waals surface area contributed by atoms with Gasteiger partial charge in [-0.2, -0.15) is 0 Å². The fourth-order valence-electron chi connectivity index (χ4n) is 10.2. The minimum atomic E-state index is -0.763. The average Bonchev–Trinajstić information content (AvgIpc) is 3.38. The molecule has 0 N–H and O–H groups in total. The van der Waals surface area contributed by atoms with Gasteiger partial charge in [-0.25, -0.2) is 0 Å². The molecule has 0 aromatic carbocycles. The Morgan fingerprint density at radius 1 is 0.278 bits per heavy atom. The van der Waals surface area contributed by atoms with Crippen molar-refractivity contribution >= 4 is 17.9 Å². The Morgan fingerprint density at radius 2 is 0.486 bits per heavy atom. The van der Waals surface area contributed by atoms with Gasteiger partial charge in [-0.3, -0.25) is 14.4 Å². The number of ether oxygens (including phenoxy) is 3. The van der Waals surface area contributed by atoms with E-state index in [9.17, 15) is 14.4 Å². The van der Waals surface area contributed by atoms with Crippen LogP contribution in [0.5, 0.6) is 0 Å². The Hall–Kier alpha value is -1.59. The second-order valence-electron chi connectivity index (χ2n) is 23.2. The third-order valence-electron chi connectivity index (χ3n) is 15.9. The van der Waals surface area contributed by atoms with E-state index in [0.29, 0.717) is 19.3 Å². The van der Waals surface area contributed by atoms with E-state index < -0.39 is 6.10 Å². The van der Waals surface area contributed by atoms with Gasteiger partial charge in [0.25, 0.3) is 0 Å². The van der Waals surface area contributed by atoms with E-state index in [0.717, 1.165) is 69.6 Å². The summed E-state index contributed by atoms with van der Waals surface area (Å²) >= 11 is 0. The van der Waals surface area contributed by atoms with Crippen molar-refractivity contribution in [3.05, 3.63) is 0 Å². The molecule has 0 aliphatic rings. The van der Waals surface area contributed by atoms with E-state index >= 15 is 0 Å². The van der Waals surface area contributed by atoms with Gasteiger partial charge < -0.3 is 14.2 Å². The number of rotatable bonds is 60. The van der Waals surface area contributed by atoms with E-state index in [4.69, 9.17) is 14.2 Å². The highest BCUT2D eigenvalue weighted by Gasteiger charge is 2.19. The molecule has 2 unspecified atom stereocenters. The second-order valence-corrected chi connectivity index (χ2v) is 23.2. The smallest absolute Gasteiger partial charge is 0.306 e. The third-order valence-corrected chi connectivity index (χ3v) is 15.9. The lowest BCUT2D eigenvalue weighted by Crippen LogP contribution is -2.30. The van der Waals surface area contributed by atoms with Crippen molar-refractivity contribution in [3.8, 4) is 0 Å². The lowest BCUT2D eigenvalue weighted by atomic mass is 9.99. The molecule has 3 atom stereocenters. The van der Waals surface area contributed by atoms with Crippen molar-refractivity contribution in [1.82, 2.24) is 0 Å². The van der Waals surface area contributed by atoms with Crippen LogP contribution in [0.3, 0.4) is 0 Å². The molecule has 0 aliphatic heterocycles. The molecule has 0 fully saturated rings. The molecule has 0 heterocycles. The Labute approximate surface area is 450 Å². The number of esters is 3. The maximum atomic E-state index is 12.9. The number of carbonyl (C=O) groups is 3. The van der Waals surface area contributed by atoms with Gasteiger partial charge in [0.2, 0.25) is 0 Å². The summed E-state index contributed by atoms with van der Waals surface area (Å²) < 4.78 is 17.0. The fourth-order valence-corrected chi connectivity index (χ4v) is 10.2. The first-order valence-corrected chi connectivity index (χ1v) is 32.8. The van der Waals surface area contributed by atoms with Crippen LogP contribution in [0.15, 0.2) is 0 Å². The minimum Gasteiger partial charge on any atom is -0.462 e. The molecule has 0 aromatic rings. The number of unbranched alkanes of at least 4 members (excludes halogenated alkanes) is 43. The molecule has 0 amide bonds. The van der Waals surface area contributed by atoms with E-state index in [2.05, 4.69) is 34.6 Å². The Bertz CT molecular complexity index is 1110. The summed E-state index contributed by atoms with van der Waals surface area (Å²) in [5, 5.41) is 0. The zero-order valence-electron chi connectivity index (χ0n) is 49.6. The molecular formula is C66H128O6. The zero-order chi connectivity index (χ0) is 52.5. The SMILES string of the molecule is CCCCCCCCCCCCCCCCC(=O)O[C@@H](COC(=O)CCCCCCCCCCCCCCCCCCCCC(C)CC)COC(=O)CCCCCCCCCCCCCCCCC(C)CC. The summed E-state index contributed by atoms with van der Waals surface area (Å²) in [5.41, 5.74) is 0. The van der Waals surface area contributed by atoms with Crippen LogP contribution in [0.4, 0.5) is 0 Å². The second kappa shape index (κ2) is 58.7. The van der Waals surface area contributed by atoms with E-state index in [1.165, 1.54) is 263 Å². The highest BCUT2D eigenvalue weighted by Crippen LogP contribution is 2.20. The first-order chi connectivity index (χ1) is 35.3. The monoisotopic (exact) mass is 1020 g/mol. The van der Waals surface area contributed by atoms with Crippen molar-refractivity contribution in [3.63, 3.8) is 0 Å². The van der Waals surface area contributed by atoms with Gasteiger partial charge >= 0.3 is 17.9 Å². The number of carbonyl (C=O) groups excluding carboxylic acids is 3. The van der Waals surface area contributed by atoms with Gasteiger partial charge in [0, 0.05) is 19.3 Å². The van der Waals surface area contributed by atoms with Gasteiger partial charge in [-0.15, -0.1) is 0 Å². The molecule has 6 heteroatoms. The Balaban J connectivity index is 4.24. The number of hydrogen-bond donors (Lipinski definition) is 0. The largest absolute Gasteiger partial charge is 0.462 e. The van der Waals surface area contributed by atoms with Crippen LogP contribution in [0.25, 0.3) is 0 Å². The van der Waals surface area contributed by atoms with Gasteiger partial charge in [0.1, 0.15) is 13.2 Å². The topological polar surface area (TPSA) is 78.9 Å². The first-order valence-electron chi connectivity index (χ1n) is 32.8. The lowest BCUT2D eigenvalue weighted by molar-refractivity contribution is -0.167.